The van der Waals surface area contributed by atoms with Crippen molar-refractivity contribution >= 4 is 12.0 Å². The van der Waals surface area contributed by atoms with Crippen LogP contribution in [-0.2, 0) is 11.3 Å². The van der Waals surface area contributed by atoms with Gasteiger partial charge in [-0.2, -0.15) is 0 Å². The summed E-state index contributed by atoms with van der Waals surface area (Å²) in [6.45, 7) is 0.625. The lowest BCUT2D eigenvalue weighted by Crippen LogP contribution is -2.31. The van der Waals surface area contributed by atoms with Crippen LogP contribution in [0.2, 0.25) is 0 Å². The zero-order valence-electron chi connectivity index (χ0n) is 14.6. The van der Waals surface area contributed by atoms with Gasteiger partial charge in [0.25, 0.3) is 0 Å². The largest absolute Gasteiger partial charge is 0.497 e. The second-order valence-corrected chi connectivity index (χ2v) is 6.15. The molecule has 25 heavy (non-hydrogen) atoms. The normalized spacial score (nSPS) is 13.7. The van der Waals surface area contributed by atoms with Crippen LogP contribution in [0.4, 0.5) is 0 Å². The summed E-state index contributed by atoms with van der Waals surface area (Å²) in [6, 6.07) is 15.9. The van der Waals surface area contributed by atoms with Gasteiger partial charge in [-0.1, -0.05) is 24.3 Å². The molecule has 0 atom stereocenters. The van der Waals surface area contributed by atoms with Crippen LogP contribution in [0, 0.1) is 0 Å². The molecule has 4 nitrogen and oxygen atoms in total. The van der Waals surface area contributed by atoms with Gasteiger partial charge < -0.3 is 14.4 Å². The lowest BCUT2D eigenvalue weighted by Gasteiger charge is -2.21. The zero-order valence-corrected chi connectivity index (χ0v) is 14.6. The summed E-state index contributed by atoms with van der Waals surface area (Å²) < 4.78 is 10.3. The molecular weight excluding hydrogens is 314 g/mol. The monoisotopic (exact) mass is 337 g/mol. The molecular formula is C21H23NO3. The maximum Gasteiger partial charge on any atom is 0.247 e. The van der Waals surface area contributed by atoms with Gasteiger partial charge in [0.1, 0.15) is 11.5 Å². The molecule has 0 aromatic heterocycles. The molecule has 0 spiro atoms. The lowest BCUT2D eigenvalue weighted by atomic mass is 10.2. The number of rotatable bonds is 7. The highest BCUT2D eigenvalue weighted by molar-refractivity contribution is 5.92. The molecule has 0 saturated heterocycles. The summed E-state index contributed by atoms with van der Waals surface area (Å²) in [5, 5.41) is 0. The molecule has 2 aromatic rings. The first kappa shape index (κ1) is 17.1. The van der Waals surface area contributed by atoms with Gasteiger partial charge in [0.05, 0.1) is 14.2 Å². The molecule has 130 valence electrons. The average Bonchev–Trinajstić information content (AvgIpc) is 3.50. The Bertz CT molecular complexity index is 731. The maximum atomic E-state index is 12.6. The minimum Gasteiger partial charge on any atom is -0.497 e. The predicted octanol–water partition coefficient (Wildman–Crippen LogP) is 3.91. The first-order chi connectivity index (χ1) is 12.2. The third kappa shape index (κ3) is 4.63. The molecule has 1 amide bonds. The summed E-state index contributed by atoms with van der Waals surface area (Å²) >= 11 is 0. The molecule has 0 unspecified atom stereocenters. The number of hydrogen-bond acceptors (Lipinski definition) is 3. The summed E-state index contributed by atoms with van der Waals surface area (Å²) in [5.74, 6) is 1.68. The fraction of sp³-hybridized carbons (Fsp3) is 0.286. The minimum atomic E-state index is 0.0501. The Morgan fingerprint density at radius 1 is 1.00 bits per heavy atom. The molecule has 1 fully saturated rings. The van der Waals surface area contributed by atoms with Gasteiger partial charge in [-0.25, -0.2) is 0 Å². The van der Waals surface area contributed by atoms with Gasteiger partial charge in [-0.3, -0.25) is 4.79 Å². The number of nitrogens with zero attached hydrogens (tertiary/aromatic N) is 1. The molecule has 1 aliphatic carbocycles. The number of carbonyl (C=O) groups is 1. The van der Waals surface area contributed by atoms with E-state index in [0.29, 0.717) is 12.6 Å². The van der Waals surface area contributed by atoms with Gasteiger partial charge in [0.2, 0.25) is 5.91 Å². The van der Waals surface area contributed by atoms with Crippen LogP contribution in [0.3, 0.4) is 0 Å². The summed E-state index contributed by atoms with van der Waals surface area (Å²) in [7, 11) is 3.29. The Kier molecular flexibility index (Phi) is 5.39. The molecule has 0 bridgehead atoms. The Labute approximate surface area is 148 Å². The van der Waals surface area contributed by atoms with E-state index in [1.807, 2.05) is 59.5 Å². The number of ether oxygens (including phenoxy) is 2. The highest BCUT2D eigenvalue weighted by Crippen LogP contribution is 2.29. The predicted molar refractivity (Wildman–Crippen MR) is 98.6 cm³/mol. The van der Waals surface area contributed by atoms with E-state index in [1.165, 1.54) is 0 Å². The van der Waals surface area contributed by atoms with Gasteiger partial charge in [0.15, 0.2) is 0 Å². The number of carbonyl (C=O) groups excluding carboxylic acids is 1. The second-order valence-electron chi connectivity index (χ2n) is 6.15. The van der Waals surface area contributed by atoms with E-state index in [0.717, 1.165) is 35.5 Å². The maximum absolute atomic E-state index is 12.6. The van der Waals surface area contributed by atoms with Crippen LogP contribution >= 0.6 is 0 Å². The smallest absolute Gasteiger partial charge is 0.247 e. The summed E-state index contributed by atoms with van der Waals surface area (Å²) in [6.07, 6.45) is 5.67. The van der Waals surface area contributed by atoms with Crippen molar-refractivity contribution in [3.05, 3.63) is 65.7 Å². The molecule has 2 aromatic carbocycles. The third-order valence-electron chi connectivity index (χ3n) is 4.32. The molecule has 0 heterocycles. The Balaban J connectivity index is 1.66. The first-order valence-corrected chi connectivity index (χ1v) is 8.45. The number of amides is 1. The van der Waals surface area contributed by atoms with Gasteiger partial charge >= 0.3 is 0 Å². The van der Waals surface area contributed by atoms with Crippen molar-refractivity contribution in [2.75, 3.05) is 14.2 Å². The highest BCUT2D eigenvalue weighted by atomic mass is 16.5. The van der Waals surface area contributed by atoms with Crippen LogP contribution in [0.15, 0.2) is 54.6 Å². The van der Waals surface area contributed by atoms with Crippen LogP contribution in [0.5, 0.6) is 11.5 Å². The Hall–Kier alpha value is -2.75. The second kappa shape index (κ2) is 7.88. The molecule has 0 aliphatic heterocycles. The van der Waals surface area contributed by atoms with Gasteiger partial charge in [-0.15, -0.1) is 0 Å². The van der Waals surface area contributed by atoms with E-state index in [9.17, 15) is 4.79 Å². The fourth-order valence-corrected chi connectivity index (χ4v) is 2.68. The van der Waals surface area contributed by atoms with E-state index in [2.05, 4.69) is 0 Å². The van der Waals surface area contributed by atoms with Crippen LogP contribution in [0.25, 0.3) is 6.08 Å². The van der Waals surface area contributed by atoms with Crippen molar-refractivity contribution < 1.29 is 14.3 Å². The van der Waals surface area contributed by atoms with E-state index in [1.54, 1.807) is 20.3 Å². The number of methoxy groups -OCH3 is 2. The van der Waals surface area contributed by atoms with E-state index in [4.69, 9.17) is 9.47 Å². The molecule has 3 rings (SSSR count). The van der Waals surface area contributed by atoms with Crippen LogP contribution < -0.4 is 9.47 Å². The fourth-order valence-electron chi connectivity index (χ4n) is 2.68. The lowest BCUT2D eigenvalue weighted by molar-refractivity contribution is -0.127. The average molecular weight is 337 g/mol. The van der Waals surface area contributed by atoms with Crippen LogP contribution in [0.1, 0.15) is 24.0 Å². The van der Waals surface area contributed by atoms with Crippen LogP contribution in [-0.4, -0.2) is 31.1 Å². The number of hydrogen-bond donors (Lipinski definition) is 0. The summed E-state index contributed by atoms with van der Waals surface area (Å²) in [5.41, 5.74) is 2.09. The first-order valence-electron chi connectivity index (χ1n) is 8.45. The van der Waals surface area contributed by atoms with Crippen molar-refractivity contribution in [3.8, 4) is 11.5 Å². The zero-order chi connectivity index (χ0) is 17.6. The number of benzene rings is 2. The highest BCUT2D eigenvalue weighted by Gasteiger charge is 2.31. The molecule has 1 saturated carbocycles. The van der Waals surface area contributed by atoms with Crippen molar-refractivity contribution in [2.24, 2.45) is 0 Å². The topological polar surface area (TPSA) is 38.8 Å². The Morgan fingerprint density at radius 3 is 2.08 bits per heavy atom. The SMILES string of the molecule is COc1ccc(/C=C/C(=O)N(Cc2ccc(OC)cc2)C2CC2)cc1. The third-order valence-corrected chi connectivity index (χ3v) is 4.32. The van der Waals surface area contributed by atoms with Crippen molar-refractivity contribution in [2.45, 2.75) is 25.4 Å². The molecule has 0 radical (unpaired) electrons. The van der Waals surface area contributed by atoms with E-state index >= 15 is 0 Å². The molecule has 1 aliphatic rings. The van der Waals surface area contributed by atoms with Crippen molar-refractivity contribution in [1.29, 1.82) is 0 Å². The van der Waals surface area contributed by atoms with Gasteiger partial charge in [0, 0.05) is 18.7 Å². The summed E-state index contributed by atoms with van der Waals surface area (Å²) in [4.78, 5) is 14.6. The quantitative estimate of drug-likeness (QED) is 0.719. The van der Waals surface area contributed by atoms with Gasteiger partial charge in [-0.05, 0) is 54.3 Å². The minimum absolute atomic E-state index is 0.0501. The van der Waals surface area contributed by atoms with Crippen molar-refractivity contribution in [3.63, 3.8) is 0 Å². The Morgan fingerprint density at radius 2 is 1.56 bits per heavy atom. The standard InChI is InChI=1S/C21H23NO3/c1-24-19-10-3-16(4-11-19)7-14-21(23)22(18-8-9-18)15-17-5-12-20(25-2)13-6-17/h3-7,10-14,18H,8-9,15H2,1-2H3/b14-7+. The van der Waals surface area contributed by atoms with Crippen molar-refractivity contribution in [1.82, 2.24) is 4.90 Å². The van der Waals surface area contributed by atoms with E-state index < -0.39 is 0 Å². The molecule has 0 N–H and O–H groups in total. The van der Waals surface area contributed by atoms with E-state index in [-0.39, 0.29) is 5.91 Å². The molecule has 4 heteroatoms.